The van der Waals surface area contributed by atoms with Crippen LogP contribution in [0.5, 0.6) is 0 Å². The maximum absolute atomic E-state index is 11.4. The summed E-state index contributed by atoms with van der Waals surface area (Å²) in [6.45, 7) is 6.30. The van der Waals surface area contributed by atoms with Gasteiger partial charge in [0.15, 0.2) is 5.13 Å². The van der Waals surface area contributed by atoms with Gasteiger partial charge in [-0.2, -0.15) is 0 Å². The van der Waals surface area contributed by atoms with Crippen LogP contribution < -0.4 is 10.2 Å². The van der Waals surface area contributed by atoms with Crippen LogP contribution in [0.2, 0.25) is 0 Å². The number of aryl methyl sites for hydroxylation is 1. The first-order chi connectivity index (χ1) is 9.74. The molecule has 1 fully saturated rings. The Morgan fingerprint density at radius 3 is 2.85 bits per heavy atom. The Bertz CT molecular complexity index is 441. The molecule has 0 bridgehead atoms. The molecule has 0 saturated carbocycles. The van der Waals surface area contributed by atoms with E-state index in [1.165, 1.54) is 10.6 Å². The van der Waals surface area contributed by atoms with E-state index < -0.39 is 10.8 Å². The zero-order valence-corrected chi connectivity index (χ0v) is 13.8. The zero-order valence-electron chi connectivity index (χ0n) is 12.2. The Morgan fingerprint density at radius 2 is 2.20 bits per heavy atom. The summed E-state index contributed by atoms with van der Waals surface area (Å²) in [5.74, 6) is 1.53. The highest BCUT2D eigenvalue weighted by Gasteiger charge is 2.20. The highest BCUT2D eigenvalue weighted by atomic mass is 32.2. The van der Waals surface area contributed by atoms with Crippen LogP contribution in [0.1, 0.15) is 17.5 Å². The molecule has 7 heteroatoms. The molecule has 2 rings (SSSR count). The summed E-state index contributed by atoms with van der Waals surface area (Å²) in [5.41, 5.74) is 1.18. The van der Waals surface area contributed by atoms with Gasteiger partial charge in [-0.15, -0.1) is 11.3 Å². The fourth-order valence-electron chi connectivity index (χ4n) is 2.12. The van der Waals surface area contributed by atoms with Crippen LogP contribution in [0.3, 0.4) is 0 Å². The van der Waals surface area contributed by atoms with Crippen LogP contribution >= 0.6 is 11.3 Å². The Labute approximate surface area is 127 Å². The quantitative estimate of drug-likeness (QED) is 0.761. The minimum absolute atomic E-state index is 0.633. The molecule has 1 aliphatic rings. The third-order valence-electron chi connectivity index (χ3n) is 3.32. The van der Waals surface area contributed by atoms with E-state index in [0.29, 0.717) is 0 Å². The van der Waals surface area contributed by atoms with Gasteiger partial charge >= 0.3 is 0 Å². The molecule has 1 aromatic rings. The van der Waals surface area contributed by atoms with Crippen molar-refractivity contribution in [2.45, 2.75) is 19.9 Å². The normalized spacial score (nSPS) is 16.8. The average Bonchev–Trinajstić information content (AvgIpc) is 2.87. The van der Waals surface area contributed by atoms with Gasteiger partial charge in [0.25, 0.3) is 0 Å². The summed E-state index contributed by atoms with van der Waals surface area (Å²) in [4.78, 5) is 8.33. The topological polar surface area (TPSA) is 54.5 Å². The lowest BCUT2D eigenvalue weighted by Gasteiger charge is -2.25. The number of anilines is 1. The van der Waals surface area contributed by atoms with E-state index in [1.54, 1.807) is 18.4 Å². The summed E-state index contributed by atoms with van der Waals surface area (Å²) in [6.07, 6.45) is 0.956. The van der Waals surface area contributed by atoms with Crippen LogP contribution in [-0.2, 0) is 28.5 Å². The van der Waals surface area contributed by atoms with Gasteiger partial charge in [-0.25, -0.2) is 4.98 Å². The fraction of sp³-hybridized carbons (Fsp3) is 0.769. The molecule has 0 unspecified atom stereocenters. The van der Waals surface area contributed by atoms with E-state index in [2.05, 4.69) is 17.1 Å². The van der Waals surface area contributed by atoms with Crippen molar-refractivity contribution in [1.29, 1.82) is 0 Å². The van der Waals surface area contributed by atoms with E-state index in [1.807, 2.05) is 0 Å². The maximum atomic E-state index is 11.4. The van der Waals surface area contributed by atoms with Crippen molar-refractivity contribution >= 4 is 27.3 Å². The number of rotatable bonds is 7. The predicted molar refractivity (Wildman–Crippen MR) is 85.2 cm³/mol. The van der Waals surface area contributed by atoms with Gasteiger partial charge in [-0.05, 0) is 6.42 Å². The van der Waals surface area contributed by atoms with E-state index in [4.69, 9.17) is 9.72 Å². The summed E-state index contributed by atoms with van der Waals surface area (Å²) >= 11 is 1.76. The highest BCUT2D eigenvalue weighted by molar-refractivity contribution is 7.85. The minimum atomic E-state index is -0.633. The fourth-order valence-corrected chi connectivity index (χ4v) is 4.35. The summed E-state index contributed by atoms with van der Waals surface area (Å²) in [7, 11) is 1.08. The Morgan fingerprint density at radius 1 is 1.45 bits per heavy atom. The number of methoxy groups -OCH3 is 1. The maximum Gasteiger partial charge on any atom is 0.185 e. The molecule has 1 saturated heterocycles. The lowest BCUT2D eigenvalue weighted by atomic mass is 10.3. The van der Waals surface area contributed by atoms with Crippen molar-refractivity contribution in [3.63, 3.8) is 0 Å². The molecule has 0 radical (unpaired) electrons. The first-order valence-corrected chi connectivity index (χ1v) is 9.33. The zero-order chi connectivity index (χ0) is 14.4. The van der Waals surface area contributed by atoms with Gasteiger partial charge in [-0.1, -0.05) is 6.92 Å². The first-order valence-electron chi connectivity index (χ1n) is 7.02. The van der Waals surface area contributed by atoms with Crippen LogP contribution in [0, 0.1) is 0 Å². The van der Waals surface area contributed by atoms with Crippen LogP contribution in [-0.4, -0.2) is 54.0 Å². The molecule has 0 aliphatic carbocycles. The number of nitrogens with one attached hydrogen (secondary N) is 1. The van der Waals surface area contributed by atoms with Crippen LogP contribution in [0.15, 0.2) is 0 Å². The van der Waals surface area contributed by atoms with E-state index in [0.717, 1.165) is 55.8 Å². The SMILES string of the molecule is CCc1nc(N2CCS(=O)CC2)sc1CNCCOC. The lowest BCUT2D eigenvalue weighted by Crippen LogP contribution is -2.37. The molecule has 0 aromatic carbocycles. The number of hydrogen-bond donors (Lipinski definition) is 1. The van der Waals surface area contributed by atoms with Gasteiger partial charge in [0.05, 0.1) is 12.3 Å². The predicted octanol–water partition coefficient (Wildman–Crippen LogP) is 1.01. The molecule has 114 valence electrons. The number of ether oxygens (including phenoxy) is 1. The van der Waals surface area contributed by atoms with E-state index >= 15 is 0 Å². The molecule has 0 atom stereocenters. The summed E-state index contributed by atoms with van der Waals surface area (Å²) < 4.78 is 16.5. The second-order valence-electron chi connectivity index (χ2n) is 4.72. The monoisotopic (exact) mass is 317 g/mol. The van der Waals surface area contributed by atoms with Crippen LogP contribution in [0.25, 0.3) is 0 Å². The van der Waals surface area contributed by atoms with Gasteiger partial charge in [0.1, 0.15) is 0 Å². The van der Waals surface area contributed by atoms with Crippen molar-refractivity contribution in [1.82, 2.24) is 10.3 Å². The lowest BCUT2D eigenvalue weighted by molar-refractivity contribution is 0.199. The second-order valence-corrected chi connectivity index (χ2v) is 7.48. The second kappa shape index (κ2) is 8.07. The van der Waals surface area contributed by atoms with Crippen LogP contribution in [0.4, 0.5) is 5.13 Å². The number of hydrogen-bond acceptors (Lipinski definition) is 6. The van der Waals surface area contributed by atoms with Gasteiger partial charge in [0.2, 0.25) is 0 Å². The van der Waals surface area contributed by atoms with Gasteiger partial charge in [-0.3, -0.25) is 4.21 Å². The molecule has 1 N–H and O–H groups in total. The third kappa shape index (κ3) is 4.25. The van der Waals surface area contributed by atoms with Gasteiger partial charge in [0, 0.05) is 60.5 Å². The molecule has 0 spiro atoms. The smallest absolute Gasteiger partial charge is 0.185 e. The molecular weight excluding hydrogens is 294 g/mol. The Hall–Kier alpha value is -0.500. The Kier molecular flexibility index (Phi) is 6.41. The molecule has 20 heavy (non-hydrogen) atoms. The number of thiazole rings is 1. The van der Waals surface area contributed by atoms with Crippen molar-refractivity contribution in [3.05, 3.63) is 10.6 Å². The first kappa shape index (κ1) is 15.9. The third-order valence-corrected chi connectivity index (χ3v) is 5.75. The molecule has 5 nitrogen and oxygen atoms in total. The molecule has 2 heterocycles. The Balaban J connectivity index is 1.96. The van der Waals surface area contributed by atoms with Crippen molar-refractivity contribution in [3.8, 4) is 0 Å². The molecule has 0 amide bonds. The highest BCUT2D eigenvalue weighted by Crippen LogP contribution is 2.27. The number of aromatic nitrogens is 1. The van der Waals surface area contributed by atoms with E-state index in [9.17, 15) is 4.21 Å². The molecule has 1 aromatic heterocycles. The largest absolute Gasteiger partial charge is 0.383 e. The van der Waals surface area contributed by atoms with Crippen molar-refractivity contribution in [2.24, 2.45) is 0 Å². The van der Waals surface area contributed by atoms with Crippen molar-refractivity contribution in [2.75, 3.05) is 49.8 Å². The molecule has 1 aliphatic heterocycles. The van der Waals surface area contributed by atoms with E-state index in [-0.39, 0.29) is 0 Å². The average molecular weight is 317 g/mol. The minimum Gasteiger partial charge on any atom is -0.383 e. The summed E-state index contributed by atoms with van der Waals surface area (Å²) in [5, 5.41) is 4.46. The molecular formula is C13H23N3O2S2. The number of nitrogens with zero attached hydrogens (tertiary/aromatic N) is 2. The standard InChI is InChI=1S/C13H23N3O2S2/c1-3-11-12(10-14-4-7-18-2)19-13(15-11)16-5-8-20(17)9-6-16/h14H,3-10H2,1-2H3. The van der Waals surface area contributed by atoms with Crippen molar-refractivity contribution < 1.29 is 8.95 Å². The van der Waals surface area contributed by atoms with Gasteiger partial charge < -0.3 is 15.0 Å². The summed E-state index contributed by atoms with van der Waals surface area (Å²) in [6, 6.07) is 0.